The minimum Gasteiger partial charge on any atom is -0.0622 e. The van der Waals surface area contributed by atoms with Crippen molar-refractivity contribution in [2.24, 2.45) is 0 Å². The Morgan fingerprint density at radius 2 is 1.57 bits per heavy atom. The highest BCUT2D eigenvalue weighted by Crippen LogP contribution is 2.27. The second-order valence-corrected chi connectivity index (χ2v) is 4.95. The zero-order chi connectivity index (χ0) is 14.2. The van der Waals surface area contributed by atoms with Crippen molar-refractivity contribution in [2.45, 2.75) is 0 Å². The van der Waals surface area contributed by atoms with Crippen LogP contribution < -0.4 is 10.6 Å². The summed E-state index contributed by atoms with van der Waals surface area (Å²) in [6.45, 7) is 1.92. The lowest BCUT2D eigenvalue weighted by Gasteiger charge is -2.12. The van der Waals surface area contributed by atoms with Crippen LogP contribution in [-0.2, 0) is 0 Å². The second kappa shape index (κ2) is 4.39. The van der Waals surface area contributed by atoms with E-state index >= 15 is 0 Å². The van der Waals surface area contributed by atoms with Crippen LogP contribution in [-0.4, -0.2) is 6.66 Å². The molecule has 0 bridgehead atoms. The molecule has 1 heteroatoms. The Kier molecular flexibility index (Phi) is 1.60. The third kappa shape index (κ3) is 2.02. The van der Waals surface area contributed by atoms with E-state index in [-0.39, 0.29) is 30.2 Å². The van der Waals surface area contributed by atoms with E-state index in [0.717, 1.165) is 5.30 Å². The fraction of sp³-hybridized carbons (Fsp3) is 0.0769. The lowest BCUT2D eigenvalue weighted by atomic mass is 10.4. The Morgan fingerprint density at radius 3 is 2.21 bits per heavy atom. The smallest absolute Gasteiger partial charge is 0.0622 e. The summed E-state index contributed by atoms with van der Waals surface area (Å²) in [5.41, 5.74) is 0. The van der Waals surface area contributed by atoms with E-state index in [2.05, 4.69) is 0 Å². The van der Waals surface area contributed by atoms with Gasteiger partial charge in [0.15, 0.2) is 0 Å². The molecule has 0 aliphatic rings. The lowest BCUT2D eigenvalue weighted by molar-refractivity contribution is 1.75. The maximum Gasteiger partial charge on any atom is 0.0630 e. The van der Waals surface area contributed by atoms with Gasteiger partial charge in [0.25, 0.3) is 0 Å². The molecule has 0 saturated heterocycles. The van der Waals surface area contributed by atoms with E-state index in [1.165, 1.54) is 0 Å². The van der Waals surface area contributed by atoms with Gasteiger partial charge in [-0.05, 0) is 25.2 Å². The molecule has 0 heterocycles. The number of hydrogen-bond acceptors (Lipinski definition) is 0. The van der Waals surface area contributed by atoms with Gasteiger partial charge in [0.05, 0.1) is 6.85 Å². The van der Waals surface area contributed by atoms with Gasteiger partial charge in [-0.1, -0.05) is 60.5 Å². The maximum atomic E-state index is 7.96. The molecule has 0 N–H and O–H groups in total. The predicted octanol–water partition coefficient (Wildman–Crippen LogP) is 2.75. The molecule has 0 saturated carbocycles. The SMILES string of the molecule is [3H]c1c([3H])c([3H])c(P(C)c2ccccc2)c([3H])c1[3H]. The molecule has 1 unspecified atom stereocenters. The van der Waals surface area contributed by atoms with Gasteiger partial charge in [-0.25, -0.2) is 0 Å². The molecular weight excluding hydrogens is 187 g/mol. The van der Waals surface area contributed by atoms with Crippen LogP contribution in [0, 0.1) is 0 Å². The first-order chi connectivity index (χ1) is 8.95. The molecule has 0 amide bonds. The fourth-order valence-corrected chi connectivity index (χ4v) is 2.52. The highest BCUT2D eigenvalue weighted by atomic mass is 31.1. The van der Waals surface area contributed by atoms with Gasteiger partial charge in [-0.15, -0.1) is 0 Å². The summed E-state index contributed by atoms with van der Waals surface area (Å²) in [5, 5.41) is 1.41. The van der Waals surface area contributed by atoms with Gasteiger partial charge >= 0.3 is 0 Å². The Balaban J connectivity index is 2.64. The van der Waals surface area contributed by atoms with Crippen molar-refractivity contribution in [3.8, 4) is 0 Å². The lowest BCUT2D eigenvalue weighted by Crippen LogP contribution is -2.09. The van der Waals surface area contributed by atoms with E-state index in [1.54, 1.807) is 0 Å². The molecule has 14 heavy (non-hydrogen) atoms. The van der Waals surface area contributed by atoms with Crippen LogP contribution in [0.1, 0.15) is 6.85 Å². The van der Waals surface area contributed by atoms with E-state index in [4.69, 9.17) is 6.85 Å². The van der Waals surface area contributed by atoms with E-state index < -0.39 is 7.92 Å². The van der Waals surface area contributed by atoms with Crippen molar-refractivity contribution >= 4 is 18.5 Å². The number of benzene rings is 2. The molecule has 0 aliphatic carbocycles. The van der Waals surface area contributed by atoms with Crippen molar-refractivity contribution in [2.75, 3.05) is 6.66 Å². The average molecular weight is 210 g/mol. The highest BCUT2D eigenvalue weighted by Gasteiger charge is 2.05. The van der Waals surface area contributed by atoms with Crippen molar-refractivity contribution in [1.29, 1.82) is 0 Å². The molecule has 0 nitrogen and oxygen atoms in total. The van der Waals surface area contributed by atoms with Crippen LogP contribution in [0.5, 0.6) is 0 Å². The molecular formula is C13H13P. The zero-order valence-corrected chi connectivity index (χ0v) is 8.73. The molecule has 2 aromatic rings. The minimum absolute atomic E-state index is 0.0940. The molecule has 1 atom stereocenters. The molecule has 0 aliphatic heterocycles. The summed E-state index contributed by atoms with van der Waals surface area (Å²) in [7, 11) is -0.956. The standard InChI is InChI=1S/C13H13P/c1-14(12-8-4-2-5-9-12)13-10-6-3-7-11-13/h2-11H,1H3/i2T,4T,5T,8T,9T. The molecule has 2 rings (SSSR count). The van der Waals surface area contributed by atoms with Crippen molar-refractivity contribution in [3.05, 3.63) is 60.5 Å². The van der Waals surface area contributed by atoms with Crippen LogP contribution >= 0.6 is 7.92 Å². The van der Waals surface area contributed by atoms with Gasteiger partial charge in [0.1, 0.15) is 0 Å². The van der Waals surface area contributed by atoms with Crippen LogP contribution in [0.4, 0.5) is 0 Å². The maximum absolute atomic E-state index is 7.96. The number of rotatable bonds is 2. The van der Waals surface area contributed by atoms with Gasteiger partial charge < -0.3 is 0 Å². The Bertz CT molecular complexity index is 583. The molecule has 0 radical (unpaired) electrons. The van der Waals surface area contributed by atoms with Crippen molar-refractivity contribution < 1.29 is 6.85 Å². The largest absolute Gasteiger partial charge is 0.0630 e. The predicted molar refractivity (Wildman–Crippen MR) is 65.0 cm³/mol. The summed E-state index contributed by atoms with van der Waals surface area (Å²) in [6, 6.07) is 8.48. The zero-order valence-electron chi connectivity index (χ0n) is 12.8. The van der Waals surface area contributed by atoms with Crippen LogP contribution in [0.15, 0.2) is 60.5 Å². The molecule has 2 aromatic carbocycles. The van der Waals surface area contributed by atoms with Crippen LogP contribution in [0.3, 0.4) is 0 Å². The first kappa shape index (κ1) is 5.09. The summed E-state index contributed by atoms with van der Waals surface area (Å²) >= 11 is 0. The summed E-state index contributed by atoms with van der Waals surface area (Å²) in [6.07, 6.45) is 0. The third-order valence-electron chi connectivity index (χ3n) is 1.97. The van der Waals surface area contributed by atoms with E-state index in [9.17, 15) is 0 Å². The Hall–Kier alpha value is -1.13. The van der Waals surface area contributed by atoms with Gasteiger partial charge in [0, 0.05) is 0 Å². The normalized spacial score (nSPS) is 17.4. The Labute approximate surface area is 93.4 Å². The van der Waals surface area contributed by atoms with E-state index in [1.807, 2.05) is 37.0 Å². The average Bonchev–Trinajstić information content (AvgIpc) is 2.44. The van der Waals surface area contributed by atoms with Crippen molar-refractivity contribution in [3.63, 3.8) is 0 Å². The minimum atomic E-state index is -0.956. The van der Waals surface area contributed by atoms with Crippen LogP contribution in [0.2, 0.25) is 0 Å². The van der Waals surface area contributed by atoms with E-state index in [0.29, 0.717) is 5.30 Å². The summed E-state index contributed by atoms with van der Waals surface area (Å²) in [4.78, 5) is 0. The Morgan fingerprint density at radius 1 is 0.929 bits per heavy atom. The highest BCUT2D eigenvalue weighted by molar-refractivity contribution is 7.72. The monoisotopic (exact) mass is 210 g/mol. The summed E-state index contributed by atoms with van der Waals surface area (Å²) < 4.78 is 38.9. The molecule has 0 aromatic heterocycles. The van der Waals surface area contributed by atoms with Gasteiger partial charge in [0.2, 0.25) is 0 Å². The van der Waals surface area contributed by atoms with Gasteiger partial charge in [-0.2, -0.15) is 0 Å². The molecule has 70 valence electrons. The van der Waals surface area contributed by atoms with Crippen LogP contribution in [0.25, 0.3) is 0 Å². The molecule has 0 fully saturated rings. The topological polar surface area (TPSA) is 0 Å². The number of hydrogen-bond donors (Lipinski definition) is 0. The third-order valence-corrected chi connectivity index (χ3v) is 3.93. The summed E-state index contributed by atoms with van der Waals surface area (Å²) in [5.74, 6) is 0. The molecule has 0 spiro atoms. The second-order valence-electron chi connectivity index (χ2n) is 2.87. The van der Waals surface area contributed by atoms with Crippen molar-refractivity contribution in [1.82, 2.24) is 0 Å². The van der Waals surface area contributed by atoms with Gasteiger partial charge in [-0.3, -0.25) is 0 Å². The quantitative estimate of drug-likeness (QED) is 0.669. The first-order valence-corrected chi connectivity index (χ1v) is 6.09. The first-order valence-electron chi connectivity index (χ1n) is 6.81. The fourth-order valence-electron chi connectivity index (χ4n) is 1.19.